The number of nitrogens with zero attached hydrogens (tertiary/aromatic N) is 2. The normalized spacial score (nSPS) is 11.1. The van der Waals surface area contributed by atoms with Crippen LogP contribution in [0.4, 0.5) is 5.69 Å². The van der Waals surface area contributed by atoms with Gasteiger partial charge in [0.05, 0.1) is 18.2 Å². The highest BCUT2D eigenvalue weighted by Crippen LogP contribution is 2.24. The Kier molecular flexibility index (Phi) is 7.65. The van der Waals surface area contributed by atoms with E-state index in [9.17, 15) is 19.7 Å². The van der Waals surface area contributed by atoms with E-state index in [0.717, 1.165) is 16.3 Å². The van der Waals surface area contributed by atoms with E-state index in [1.54, 1.807) is 49.6 Å². The molecule has 0 spiro atoms. The molecule has 9 heteroatoms. The second-order valence-corrected chi connectivity index (χ2v) is 7.73. The second kappa shape index (κ2) is 11.4. The van der Waals surface area contributed by atoms with E-state index in [1.165, 1.54) is 30.5 Å². The number of ether oxygens (including phenoxy) is 2. The smallest absolute Gasteiger partial charge is 0.336 e. The molecule has 4 aromatic rings. The number of hydrogen-bond donors (Lipinski definition) is 1. The summed E-state index contributed by atoms with van der Waals surface area (Å²) in [6.07, 6.45) is 3.98. The Morgan fingerprint density at radius 3 is 2.49 bits per heavy atom. The molecule has 0 heterocycles. The van der Waals surface area contributed by atoms with E-state index in [0.29, 0.717) is 11.3 Å². The predicted molar refractivity (Wildman–Crippen MR) is 140 cm³/mol. The summed E-state index contributed by atoms with van der Waals surface area (Å²) in [5.41, 5.74) is 3.50. The lowest BCUT2D eigenvalue weighted by Gasteiger charge is -2.07. The van der Waals surface area contributed by atoms with Crippen LogP contribution in [-0.4, -0.2) is 30.1 Å². The van der Waals surface area contributed by atoms with Crippen LogP contribution in [0.15, 0.2) is 96.1 Å². The highest BCUT2D eigenvalue weighted by Gasteiger charge is 2.14. The van der Waals surface area contributed by atoms with Gasteiger partial charge in [0.2, 0.25) is 0 Å². The molecule has 4 rings (SSSR count). The molecule has 9 nitrogen and oxygen atoms in total. The number of non-ortho nitro benzene ring substituents is 1. The standard InChI is InChI=1S/C28H21N3O6/c1-36-23-13-9-19(10-14-23)11-16-27(32)37-26-15-12-22(31(34)35)17-21(26)18-29-30-28(33)25-8-4-6-20-5-2-3-7-24(20)25/h2-18H,1H3,(H,30,33)/b16-11+,29-18+. The van der Waals surface area contributed by atoms with Crippen molar-refractivity contribution in [2.75, 3.05) is 7.11 Å². The summed E-state index contributed by atoms with van der Waals surface area (Å²) in [4.78, 5) is 35.8. The zero-order valence-electron chi connectivity index (χ0n) is 19.7. The molecule has 1 N–H and O–H groups in total. The molecule has 184 valence electrons. The van der Waals surface area contributed by atoms with Crippen LogP contribution in [0.3, 0.4) is 0 Å². The van der Waals surface area contributed by atoms with Crippen LogP contribution >= 0.6 is 0 Å². The van der Waals surface area contributed by atoms with Crippen molar-refractivity contribution in [1.82, 2.24) is 5.43 Å². The Morgan fingerprint density at radius 1 is 0.973 bits per heavy atom. The average molecular weight is 495 g/mol. The fourth-order valence-corrected chi connectivity index (χ4v) is 3.51. The number of nitro groups is 1. The number of carbonyl (C=O) groups is 2. The Bertz CT molecular complexity index is 1520. The summed E-state index contributed by atoms with van der Waals surface area (Å²) in [7, 11) is 1.56. The van der Waals surface area contributed by atoms with Gasteiger partial charge in [-0.1, -0.05) is 48.5 Å². The molecule has 0 saturated heterocycles. The number of amides is 1. The third kappa shape index (κ3) is 6.23. The highest BCUT2D eigenvalue weighted by molar-refractivity contribution is 6.07. The lowest BCUT2D eigenvalue weighted by molar-refractivity contribution is -0.384. The zero-order valence-corrected chi connectivity index (χ0v) is 19.7. The zero-order chi connectivity index (χ0) is 26.2. The van der Waals surface area contributed by atoms with Gasteiger partial charge in [-0.05, 0) is 46.7 Å². The van der Waals surface area contributed by atoms with Gasteiger partial charge >= 0.3 is 5.97 Å². The van der Waals surface area contributed by atoms with Gasteiger partial charge < -0.3 is 9.47 Å². The largest absolute Gasteiger partial charge is 0.497 e. The number of methoxy groups -OCH3 is 1. The van der Waals surface area contributed by atoms with Crippen LogP contribution in [0.25, 0.3) is 16.8 Å². The highest BCUT2D eigenvalue weighted by atomic mass is 16.6. The molecule has 0 unspecified atom stereocenters. The third-order valence-electron chi connectivity index (χ3n) is 5.35. The number of carbonyl (C=O) groups excluding carboxylic acids is 2. The van der Waals surface area contributed by atoms with Crippen LogP contribution in [0, 0.1) is 10.1 Å². The van der Waals surface area contributed by atoms with E-state index in [4.69, 9.17) is 9.47 Å². The van der Waals surface area contributed by atoms with Gasteiger partial charge in [-0.25, -0.2) is 10.2 Å². The lowest BCUT2D eigenvalue weighted by atomic mass is 10.0. The van der Waals surface area contributed by atoms with E-state index < -0.39 is 16.8 Å². The minimum Gasteiger partial charge on any atom is -0.497 e. The molecule has 0 fully saturated rings. The molecular formula is C28H21N3O6. The van der Waals surface area contributed by atoms with Crippen molar-refractivity contribution in [2.45, 2.75) is 0 Å². The number of esters is 1. The van der Waals surface area contributed by atoms with Crippen LogP contribution in [0.1, 0.15) is 21.5 Å². The topological polar surface area (TPSA) is 120 Å². The number of nitrogens with one attached hydrogen (secondary N) is 1. The minimum atomic E-state index is -0.695. The van der Waals surface area contributed by atoms with Gasteiger partial charge in [0, 0.05) is 29.3 Å². The van der Waals surface area contributed by atoms with Crippen molar-refractivity contribution in [3.8, 4) is 11.5 Å². The fraction of sp³-hybridized carbons (Fsp3) is 0.0357. The molecule has 0 bridgehead atoms. The Balaban J connectivity index is 1.51. The van der Waals surface area contributed by atoms with Crippen molar-refractivity contribution in [3.63, 3.8) is 0 Å². The predicted octanol–water partition coefficient (Wildman–Crippen LogP) is 5.14. The molecule has 37 heavy (non-hydrogen) atoms. The van der Waals surface area contributed by atoms with Crippen molar-refractivity contribution in [1.29, 1.82) is 0 Å². The molecule has 4 aromatic carbocycles. The molecule has 0 saturated carbocycles. The van der Waals surface area contributed by atoms with Gasteiger partial charge in [-0.15, -0.1) is 0 Å². The minimum absolute atomic E-state index is 0.0399. The summed E-state index contributed by atoms with van der Waals surface area (Å²) in [5, 5.41) is 16.8. The van der Waals surface area contributed by atoms with Crippen molar-refractivity contribution in [3.05, 3.63) is 118 Å². The first-order chi connectivity index (χ1) is 17.9. The van der Waals surface area contributed by atoms with Crippen molar-refractivity contribution < 1.29 is 24.0 Å². The molecule has 1 amide bonds. The molecule has 0 aliphatic rings. The molecular weight excluding hydrogens is 474 g/mol. The average Bonchev–Trinajstić information content (AvgIpc) is 2.92. The first-order valence-corrected chi connectivity index (χ1v) is 11.1. The number of hydrazone groups is 1. The first-order valence-electron chi connectivity index (χ1n) is 11.1. The second-order valence-electron chi connectivity index (χ2n) is 7.73. The molecule has 0 aliphatic carbocycles. The number of fused-ring (bicyclic) bond motifs is 1. The summed E-state index contributed by atoms with van der Waals surface area (Å²) in [6, 6.07) is 23.5. The van der Waals surface area contributed by atoms with Gasteiger partial charge in [0.1, 0.15) is 11.5 Å². The SMILES string of the molecule is COc1ccc(/C=C/C(=O)Oc2ccc([N+](=O)[O-])cc2/C=N/NC(=O)c2cccc3ccccc23)cc1. The van der Waals surface area contributed by atoms with Crippen molar-refractivity contribution in [2.24, 2.45) is 5.10 Å². The summed E-state index contributed by atoms with van der Waals surface area (Å²) in [5.74, 6) is -0.432. The van der Waals surface area contributed by atoms with Crippen LogP contribution in [0.5, 0.6) is 11.5 Å². The van der Waals surface area contributed by atoms with Crippen LogP contribution < -0.4 is 14.9 Å². The Morgan fingerprint density at radius 2 is 1.73 bits per heavy atom. The van der Waals surface area contributed by atoms with E-state index in [-0.39, 0.29) is 17.0 Å². The quantitative estimate of drug-likeness (QED) is 0.0903. The summed E-state index contributed by atoms with van der Waals surface area (Å²) in [6.45, 7) is 0. The van der Waals surface area contributed by atoms with Crippen molar-refractivity contribution >= 4 is 40.6 Å². The Labute approximate surface area is 211 Å². The lowest BCUT2D eigenvalue weighted by Crippen LogP contribution is -2.18. The summed E-state index contributed by atoms with van der Waals surface area (Å²) < 4.78 is 10.5. The maximum absolute atomic E-state index is 12.7. The van der Waals surface area contributed by atoms with Gasteiger partial charge in [-0.3, -0.25) is 14.9 Å². The van der Waals surface area contributed by atoms with Gasteiger partial charge in [0.25, 0.3) is 11.6 Å². The monoisotopic (exact) mass is 495 g/mol. The number of nitro benzene ring substituents is 1. The molecule has 0 aliphatic heterocycles. The maximum Gasteiger partial charge on any atom is 0.336 e. The molecule has 0 radical (unpaired) electrons. The molecule has 0 atom stereocenters. The van der Waals surface area contributed by atoms with Crippen LogP contribution in [0.2, 0.25) is 0 Å². The number of hydrogen-bond acceptors (Lipinski definition) is 7. The van der Waals surface area contributed by atoms with E-state index in [1.807, 2.05) is 30.3 Å². The maximum atomic E-state index is 12.7. The van der Waals surface area contributed by atoms with Crippen LogP contribution in [-0.2, 0) is 4.79 Å². The number of rotatable bonds is 8. The summed E-state index contributed by atoms with van der Waals surface area (Å²) >= 11 is 0. The van der Waals surface area contributed by atoms with Gasteiger partial charge in [-0.2, -0.15) is 5.10 Å². The molecule has 0 aromatic heterocycles. The first kappa shape index (κ1) is 24.8. The van der Waals surface area contributed by atoms with E-state index in [2.05, 4.69) is 10.5 Å². The Hall–Kier alpha value is -5.31. The van der Waals surface area contributed by atoms with E-state index >= 15 is 0 Å². The number of benzene rings is 4. The third-order valence-corrected chi connectivity index (χ3v) is 5.35. The fourth-order valence-electron chi connectivity index (χ4n) is 3.51. The van der Waals surface area contributed by atoms with Gasteiger partial charge in [0.15, 0.2) is 0 Å².